The fourth-order valence-corrected chi connectivity index (χ4v) is 5.28. The average Bonchev–Trinajstić information content (AvgIpc) is 3.13. The highest BCUT2D eigenvalue weighted by atomic mass is 32.1. The molecule has 0 N–H and O–H groups in total. The van der Waals surface area contributed by atoms with Crippen LogP contribution in [0.3, 0.4) is 0 Å². The normalized spacial score (nSPS) is 15.8. The fourth-order valence-electron chi connectivity index (χ4n) is 4.24. The zero-order chi connectivity index (χ0) is 26.0. The molecule has 2 aromatic carbocycles. The molecule has 7 heteroatoms. The van der Waals surface area contributed by atoms with Gasteiger partial charge in [0.05, 0.1) is 34.6 Å². The monoisotopic (exact) mass is 504 g/mol. The Morgan fingerprint density at radius 2 is 1.75 bits per heavy atom. The van der Waals surface area contributed by atoms with Gasteiger partial charge in [0, 0.05) is 0 Å². The molecule has 0 unspecified atom stereocenters. The standard InChI is InChI=1S/C29H32N2O4S/c1-7-34-28(33)25-19(6)30-29-31(26(25)22-12-10-21(11-13-22)17(2)3)27(32)24(36-29)16-20-8-14-23(15-9-20)35-18(4)5/h8-18,26H,7H2,1-6H3/b24-16-/t26-/m1/s1. The maximum atomic E-state index is 13.7. The van der Waals surface area contributed by atoms with E-state index in [4.69, 9.17) is 9.47 Å². The number of rotatable bonds is 7. The number of nitrogens with zero attached hydrogens (tertiary/aromatic N) is 2. The predicted molar refractivity (Wildman–Crippen MR) is 143 cm³/mol. The maximum Gasteiger partial charge on any atom is 0.338 e. The number of hydrogen-bond acceptors (Lipinski definition) is 6. The lowest BCUT2D eigenvalue weighted by Gasteiger charge is -2.25. The summed E-state index contributed by atoms with van der Waals surface area (Å²) in [5, 5.41) is 0. The van der Waals surface area contributed by atoms with Crippen LogP contribution in [0, 0.1) is 0 Å². The molecule has 0 spiro atoms. The highest BCUT2D eigenvalue weighted by Crippen LogP contribution is 2.31. The Hall–Kier alpha value is -3.45. The Balaban J connectivity index is 1.85. The summed E-state index contributed by atoms with van der Waals surface area (Å²) in [5.74, 6) is 0.704. The van der Waals surface area contributed by atoms with Gasteiger partial charge in [-0.2, -0.15) is 0 Å². The Morgan fingerprint density at radius 3 is 2.33 bits per heavy atom. The lowest BCUT2D eigenvalue weighted by molar-refractivity contribution is -0.139. The molecule has 1 aliphatic heterocycles. The molecule has 0 bridgehead atoms. The summed E-state index contributed by atoms with van der Waals surface area (Å²) in [5.41, 5.74) is 3.69. The molecule has 36 heavy (non-hydrogen) atoms. The summed E-state index contributed by atoms with van der Waals surface area (Å²) in [6.07, 6.45) is 1.94. The van der Waals surface area contributed by atoms with Crippen LogP contribution in [-0.2, 0) is 9.53 Å². The van der Waals surface area contributed by atoms with Crippen LogP contribution >= 0.6 is 11.3 Å². The topological polar surface area (TPSA) is 69.9 Å². The molecule has 1 aromatic heterocycles. The third-order valence-electron chi connectivity index (χ3n) is 5.99. The number of carbonyl (C=O) groups is 1. The van der Waals surface area contributed by atoms with Crippen LogP contribution in [0.5, 0.6) is 5.75 Å². The first kappa shape index (κ1) is 25.6. The minimum absolute atomic E-state index is 0.0889. The lowest BCUT2D eigenvalue weighted by Crippen LogP contribution is -2.39. The first-order valence-corrected chi connectivity index (χ1v) is 13.1. The largest absolute Gasteiger partial charge is 0.491 e. The fraction of sp³-hybridized carbons (Fsp3) is 0.345. The van der Waals surface area contributed by atoms with Gasteiger partial charge in [-0.15, -0.1) is 0 Å². The second kappa shape index (κ2) is 10.7. The van der Waals surface area contributed by atoms with Gasteiger partial charge in [0.2, 0.25) is 0 Å². The zero-order valence-electron chi connectivity index (χ0n) is 21.6. The first-order valence-electron chi connectivity index (χ1n) is 12.3. The molecular formula is C29H32N2O4S. The molecule has 0 amide bonds. The Bertz CT molecular complexity index is 1460. The average molecular weight is 505 g/mol. The molecular weight excluding hydrogens is 472 g/mol. The number of allylic oxidation sites excluding steroid dienone is 1. The van der Waals surface area contributed by atoms with Gasteiger partial charge in [-0.3, -0.25) is 9.36 Å². The quantitative estimate of drug-likeness (QED) is 0.437. The number of thiazole rings is 1. The molecule has 0 fully saturated rings. The van der Waals surface area contributed by atoms with Crippen molar-refractivity contribution < 1.29 is 14.3 Å². The molecule has 0 aliphatic carbocycles. The van der Waals surface area contributed by atoms with E-state index in [1.807, 2.05) is 56.3 Å². The number of benzene rings is 2. The van der Waals surface area contributed by atoms with Crippen molar-refractivity contribution in [3.05, 3.63) is 96.2 Å². The number of carbonyl (C=O) groups excluding carboxylic acids is 1. The minimum Gasteiger partial charge on any atom is -0.491 e. The summed E-state index contributed by atoms with van der Waals surface area (Å²) in [7, 11) is 0. The van der Waals surface area contributed by atoms with E-state index >= 15 is 0 Å². The van der Waals surface area contributed by atoms with Gasteiger partial charge in [0.1, 0.15) is 5.75 Å². The summed E-state index contributed by atoms with van der Waals surface area (Å²) >= 11 is 1.32. The SMILES string of the molecule is CCOC(=O)C1=C(C)N=c2s/c(=C\c3ccc(OC(C)C)cc3)c(=O)n2[C@@H]1c1ccc(C(C)C)cc1. The van der Waals surface area contributed by atoms with E-state index in [1.165, 1.54) is 16.9 Å². The Morgan fingerprint density at radius 1 is 1.08 bits per heavy atom. The van der Waals surface area contributed by atoms with Crippen LogP contribution in [0.25, 0.3) is 6.08 Å². The van der Waals surface area contributed by atoms with Crippen molar-refractivity contribution in [2.24, 2.45) is 4.99 Å². The van der Waals surface area contributed by atoms with Crippen LogP contribution in [0.15, 0.2) is 69.6 Å². The lowest BCUT2D eigenvalue weighted by atomic mass is 9.93. The van der Waals surface area contributed by atoms with E-state index in [-0.39, 0.29) is 18.3 Å². The van der Waals surface area contributed by atoms with Crippen molar-refractivity contribution in [2.75, 3.05) is 6.61 Å². The molecule has 0 radical (unpaired) electrons. The summed E-state index contributed by atoms with van der Waals surface area (Å²) in [6, 6.07) is 15.1. The van der Waals surface area contributed by atoms with Gasteiger partial charge in [-0.05, 0) is 68.5 Å². The summed E-state index contributed by atoms with van der Waals surface area (Å²) in [4.78, 5) is 31.9. The molecule has 1 atom stereocenters. The van der Waals surface area contributed by atoms with E-state index in [0.717, 1.165) is 16.9 Å². The van der Waals surface area contributed by atoms with Gasteiger partial charge >= 0.3 is 5.97 Å². The third kappa shape index (κ3) is 5.21. The number of hydrogen-bond donors (Lipinski definition) is 0. The van der Waals surface area contributed by atoms with Gasteiger partial charge in [-0.1, -0.05) is 61.6 Å². The molecule has 0 saturated heterocycles. The van der Waals surface area contributed by atoms with Crippen molar-refractivity contribution >= 4 is 23.4 Å². The number of ether oxygens (including phenoxy) is 2. The van der Waals surface area contributed by atoms with E-state index in [0.29, 0.717) is 26.5 Å². The highest BCUT2D eigenvalue weighted by molar-refractivity contribution is 7.07. The molecule has 188 valence electrons. The third-order valence-corrected chi connectivity index (χ3v) is 6.97. The number of fused-ring (bicyclic) bond motifs is 1. The van der Waals surface area contributed by atoms with Crippen molar-refractivity contribution in [1.29, 1.82) is 0 Å². The first-order chi connectivity index (χ1) is 17.2. The Kier molecular flexibility index (Phi) is 7.59. The predicted octanol–water partition coefficient (Wildman–Crippen LogP) is 4.71. The molecule has 4 rings (SSSR count). The second-order valence-corrected chi connectivity index (χ2v) is 10.4. The van der Waals surface area contributed by atoms with Gasteiger partial charge in [0.15, 0.2) is 4.80 Å². The van der Waals surface area contributed by atoms with Crippen molar-refractivity contribution in [2.45, 2.75) is 59.6 Å². The van der Waals surface area contributed by atoms with E-state index in [9.17, 15) is 9.59 Å². The summed E-state index contributed by atoms with van der Waals surface area (Å²) < 4.78 is 13.3. The van der Waals surface area contributed by atoms with E-state index in [1.54, 1.807) is 18.4 Å². The van der Waals surface area contributed by atoms with Crippen LogP contribution in [0.4, 0.5) is 0 Å². The molecule has 3 aromatic rings. The molecule has 0 saturated carbocycles. The summed E-state index contributed by atoms with van der Waals surface area (Å²) in [6.45, 7) is 12.0. The smallest absolute Gasteiger partial charge is 0.338 e. The number of aromatic nitrogens is 1. The van der Waals surface area contributed by atoms with Crippen molar-refractivity contribution in [3.63, 3.8) is 0 Å². The van der Waals surface area contributed by atoms with Crippen molar-refractivity contribution in [3.8, 4) is 5.75 Å². The zero-order valence-corrected chi connectivity index (χ0v) is 22.4. The van der Waals surface area contributed by atoms with Gasteiger partial charge in [0.25, 0.3) is 5.56 Å². The van der Waals surface area contributed by atoms with E-state index < -0.39 is 12.0 Å². The van der Waals surface area contributed by atoms with Gasteiger partial charge in [-0.25, -0.2) is 9.79 Å². The molecule has 1 aliphatic rings. The van der Waals surface area contributed by atoms with Crippen LogP contribution in [-0.4, -0.2) is 23.2 Å². The molecule has 6 nitrogen and oxygen atoms in total. The highest BCUT2D eigenvalue weighted by Gasteiger charge is 2.33. The van der Waals surface area contributed by atoms with Crippen molar-refractivity contribution in [1.82, 2.24) is 4.57 Å². The number of esters is 1. The second-order valence-electron chi connectivity index (χ2n) is 9.36. The van der Waals surface area contributed by atoms with Crippen LogP contribution < -0.4 is 19.6 Å². The molecule has 2 heterocycles. The minimum atomic E-state index is -0.606. The van der Waals surface area contributed by atoms with Crippen LogP contribution in [0.1, 0.15) is 70.2 Å². The van der Waals surface area contributed by atoms with Crippen LogP contribution in [0.2, 0.25) is 0 Å². The maximum absolute atomic E-state index is 13.7. The Labute approximate surface area is 215 Å². The van der Waals surface area contributed by atoms with E-state index in [2.05, 4.69) is 31.0 Å². The van der Waals surface area contributed by atoms with Gasteiger partial charge < -0.3 is 9.47 Å².